The first-order chi connectivity index (χ1) is 11.1. The summed E-state index contributed by atoms with van der Waals surface area (Å²) in [6.07, 6.45) is 4.00. The van der Waals surface area contributed by atoms with Crippen molar-refractivity contribution in [3.8, 4) is 17.2 Å². The van der Waals surface area contributed by atoms with Crippen LogP contribution in [0, 0.1) is 0 Å². The smallest absolute Gasteiger partial charge is 0.157 e. The molecule has 3 rings (SSSR count). The van der Waals surface area contributed by atoms with Crippen LogP contribution in [0.25, 0.3) is 23.1 Å². The summed E-state index contributed by atoms with van der Waals surface area (Å²) in [5.74, 6) is -0.529. The van der Waals surface area contributed by atoms with Crippen LogP contribution in [-0.2, 0) is 0 Å². The lowest BCUT2D eigenvalue weighted by atomic mass is 10.1. The van der Waals surface area contributed by atoms with Crippen LogP contribution >= 0.6 is 0 Å². The molecule has 1 heterocycles. The Labute approximate surface area is 131 Å². The number of nitrogens with zero attached hydrogens (tertiary/aromatic N) is 1. The van der Waals surface area contributed by atoms with Crippen molar-refractivity contribution in [2.45, 2.75) is 0 Å². The summed E-state index contributed by atoms with van der Waals surface area (Å²) in [6, 6.07) is 11.3. The van der Waals surface area contributed by atoms with Gasteiger partial charge in [0.25, 0.3) is 0 Å². The van der Waals surface area contributed by atoms with Gasteiger partial charge in [-0.2, -0.15) is 0 Å². The van der Waals surface area contributed by atoms with E-state index in [-0.39, 0.29) is 22.8 Å². The second-order valence-corrected chi connectivity index (χ2v) is 5.01. The molecule has 0 saturated heterocycles. The number of phenols is 3. The number of hydrogen-bond acceptors (Lipinski definition) is 5. The standard InChI is InChI=1S/C18H13NO4/c20-10-13-4-3-12-5-7-14(19-17(12)18(13)23)6-1-11-2-8-15(21)16(22)9-11/h1-10,21-23H/b6-1+. The van der Waals surface area contributed by atoms with Crippen LogP contribution in [0.15, 0.2) is 42.5 Å². The summed E-state index contributed by atoms with van der Waals surface area (Å²) in [5, 5.41) is 29.5. The Morgan fingerprint density at radius 2 is 1.65 bits per heavy atom. The van der Waals surface area contributed by atoms with Gasteiger partial charge >= 0.3 is 0 Å². The SMILES string of the molecule is O=Cc1ccc2ccc(/C=C/c3ccc(O)c(O)c3)nc2c1O. The number of benzene rings is 2. The first kappa shape index (κ1) is 14.6. The zero-order valence-corrected chi connectivity index (χ0v) is 12.0. The number of carbonyl (C=O) groups excluding carboxylic acids is 1. The Bertz CT molecular complexity index is 932. The van der Waals surface area contributed by atoms with Gasteiger partial charge in [-0.15, -0.1) is 0 Å². The fraction of sp³-hybridized carbons (Fsp3) is 0. The van der Waals surface area contributed by atoms with E-state index in [1.54, 1.807) is 42.5 Å². The van der Waals surface area contributed by atoms with Crippen molar-refractivity contribution in [3.63, 3.8) is 0 Å². The van der Waals surface area contributed by atoms with Gasteiger partial charge in [-0.05, 0) is 35.9 Å². The van der Waals surface area contributed by atoms with E-state index in [9.17, 15) is 20.1 Å². The first-order valence-electron chi connectivity index (χ1n) is 6.86. The number of carbonyl (C=O) groups is 1. The van der Waals surface area contributed by atoms with E-state index in [2.05, 4.69) is 4.98 Å². The predicted molar refractivity (Wildman–Crippen MR) is 87.5 cm³/mol. The Kier molecular flexibility index (Phi) is 3.68. The minimum atomic E-state index is -0.202. The number of aldehydes is 1. The average Bonchev–Trinajstić information content (AvgIpc) is 2.56. The van der Waals surface area contributed by atoms with Gasteiger partial charge in [0.2, 0.25) is 0 Å². The Morgan fingerprint density at radius 3 is 2.39 bits per heavy atom. The van der Waals surface area contributed by atoms with Gasteiger partial charge in [0, 0.05) is 5.39 Å². The van der Waals surface area contributed by atoms with Crippen LogP contribution in [0.5, 0.6) is 17.2 Å². The highest BCUT2D eigenvalue weighted by Gasteiger charge is 2.07. The second-order valence-electron chi connectivity index (χ2n) is 5.01. The summed E-state index contributed by atoms with van der Waals surface area (Å²) in [4.78, 5) is 15.2. The molecule has 5 nitrogen and oxygen atoms in total. The molecule has 0 amide bonds. The number of aromatic hydroxyl groups is 3. The quantitative estimate of drug-likeness (QED) is 0.510. The van der Waals surface area contributed by atoms with Crippen LogP contribution in [0.4, 0.5) is 0 Å². The third kappa shape index (κ3) is 2.85. The molecule has 0 aliphatic heterocycles. The van der Waals surface area contributed by atoms with E-state index in [0.29, 0.717) is 23.1 Å². The molecule has 114 valence electrons. The largest absolute Gasteiger partial charge is 0.505 e. The van der Waals surface area contributed by atoms with E-state index in [1.807, 2.05) is 0 Å². The van der Waals surface area contributed by atoms with Gasteiger partial charge in [0.15, 0.2) is 23.5 Å². The maximum Gasteiger partial charge on any atom is 0.157 e. The number of aromatic nitrogens is 1. The Morgan fingerprint density at radius 1 is 0.870 bits per heavy atom. The molecular formula is C18H13NO4. The minimum Gasteiger partial charge on any atom is -0.505 e. The van der Waals surface area contributed by atoms with E-state index in [0.717, 1.165) is 5.39 Å². The van der Waals surface area contributed by atoms with Gasteiger partial charge < -0.3 is 15.3 Å². The van der Waals surface area contributed by atoms with Crippen molar-refractivity contribution in [1.82, 2.24) is 4.98 Å². The molecule has 3 aromatic rings. The zero-order valence-electron chi connectivity index (χ0n) is 12.0. The molecule has 0 aliphatic rings. The van der Waals surface area contributed by atoms with Gasteiger partial charge in [0.1, 0.15) is 5.52 Å². The van der Waals surface area contributed by atoms with Gasteiger partial charge in [-0.3, -0.25) is 4.79 Å². The van der Waals surface area contributed by atoms with Crippen LogP contribution in [0.3, 0.4) is 0 Å². The fourth-order valence-corrected chi connectivity index (χ4v) is 2.22. The van der Waals surface area contributed by atoms with Crippen molar-refractivity contribution >= 4 is 29.3 Å². The van der Waals surface area contributed by atoms with Crippen molar-refractivity contribution < 1.29 is 20.1 Å². The molecule has 0 fully saturated rings. The second kappa shape index (κ2) is 5.81. The molecule has 0 saturated carbocycles. The van der Waals surface area contributed by atoms with Crippen LogP contribution in [0.1, 0.15) is 21.6 Å². The maximum atomic E-state index is 10.9. The summed E-state index contributed by atoms with van der Waals surface area (Å²) in [5.41, 5.74) is 1.82. The summed E-state index contributed by atoms with van der Waals surface area (Å²) in [7, 11) is 0. The molecule has 0 unspecified atom stereocenters. The molecule has 0 spiro atoms. The van der Waals surface area contributed by atoms with E-state index in [1.165, 1.54) is 12.1 Å². The van der Waals surface area contributed by atoms with Crippen molar-refractivity contribution in [2.24, 2.45) is 0 Å². The van der Waals surface area contributed by atoms with Crippen LogP contribution < -0.4 is 0 Å². The highest BCUT2D eigenvalue weighted by Crippen LogP contribution is 2.28. The van der Waals surface area contributed by atoms with Crippen molar-refractivity contribution in [2.75, 3.05) is 0 Å². The lowest BCUT2D eigenvalue weighted by Gasteiger charge is -2.04. The molecule has 0 atom stereocenters. The van der Waals surface area contributed by atoms with Gasteiger partial charge in [-0.25, -0.2) is 4.98 Å². The number of fused-ring (bicyclic) bond motifs is 1. The lowest BCUT2D eigenvalue weighted by molar-refractivity contribution is 0.112. The monoisotopic (exact) mass is 307 g/mol. The average molecular weight is 307 g/mol. The molecular weight excluding hydrogens is 294 g/mol. The highest BCUT2D eigenvalue weighted by molar-refractivity contribution is 5.94. The maximum absolute atomic E-state index is 10.9. The first-order valence-corrected chi connectivity index (χ1v) is 6.86. The summed E-state index contributed by atoms with van der Waals surface area (Å²) < 4.78 is 0. The molecule has 5 heteroatoms. The number of pyridine rings is 1. The van der Waals surface area contributed by atoms with E-state index in [4.69, 9.17) is 0 Å². The van der Waals surface area contributed by atoms with Crippen LogP contribution in [0.2, 0.25) is 0 Å². The van der Waals surface area contributed by atoms with Gasteiger partial charge in [-0.1, -0.05) is 24.3 Å². The Balaban J connectivity index is 1.99. The van der Waals surface area contributed by atoms with Crippen molar-refractivity contribution in [3.05, 3.63) is 59.3 Å². The molecule has 1 aromatic heterocycles. The third-order valence-electron chi connectivity index (χ3n) is 3.46. The summed E-state index contributed by atoms with van der Waals surface area (Å²) in [6.45, 7) is 0. The topological polar surface area (TPSA) is 90.7 Å². The molecule has 0 aliphatic carbocycles. The summed E-state index contributed by atoms with van der Waals surface area (Å²) >= 11 is 0. The molecule has 2 aromatic carbocycles. The normalized spacial score (nSPS) is 11.1. The third-order valence-corrected chi connectivity index (χ3v) is 3.46. The van der Waals surface area contributed by atoms with E-state index >= 15 is 0 Å². The van der Waals surface area contributed by atoms with Crippen LogP contribution in [-0.4, -0.2) is 26.6 Å². The predicted octanol–water partition coefficient (Wildman–Crippen LogP) is 3.33. The molecule has 3 N–H and O–H groups in total. The molecule has 23 heavy (non-hydrogen) atoms. The fourth-order valence-electron chi connectivity index (χ4n) is 2.22. The number of rotatable bonds is 3. The zero-order chi connectivity index (χ0) is 16.4. The highest BCUT2D eigenvalue weighted by atomic mass is 16.3. The van der Waals surface area contributed by atoms with Crippen molar-refractivity contribution in [1.29, 1.82) is 0 Å². The van der Waals surface area contributed by atoms with E-state index < -0.39 is 0 Å². The molecule has 0 bridgehead atoms. The number of phenolic OH excluding ortho intramolecular Hbond substituents is 3. The molecule has 0 radical (unpaired) electrons. The minimum absolute atomic E-state index is 0.143. The Hall–Kier alpha value is -3.34. The lowest BCUT2D eigenvalue weighted by Crippen LogP contribution is -1.88. The number of hydrogen-bond donors (Lipinski definition) is 3. The van der Waals surface area contributed by atoms with Gasteiger partial charge in [0.05, 0.1) is 11.3 Å².